The molecule has 1 N–H and O–H groups in total. The molecule has 0 saturated heterocycles. The van der Waals surface area contributed by atoms with Crippen molar-refractivity contribution in [1.29, 1.82) is 0 Å². The number of nitrogens with one attached hydrogen (secondary N) is 1. The van der Waals surface area contributed by atoms with Crippen LogP contribution in [0.5, 0.6) is 0 Å². The van der Waals surface area contributed by atoms with Gasteiger partial charge in [-0.25, -0.2) is 4.52 Å². The number of aryl methyl sites for hydroxylation is 1. The number of anilines is 1. The molecule has 3 rings (SSSR count). The van der Waals surface area contributed by atoms with Crippen molar-refractivity contribution in [2.75, 3.05) is 11.9 Å². The van der Waals surface area contributed by atoms with Crippen molar-refractivity contribution in [3.63, 3.8) is 0 Å². The molecule has 96 valence electrons. The van der Waals surface area contributed by atoms with Crippen LogP contribution in [0.2, 0.25) is 0 Å². The SMILES string of the molecule is Cc1cccn2nc(NCCC3CCCC3)nc12. The summed E-state index contributed by atoms with van der Waals surface area (Å²) in [5, 5.41) is 7.78. The van der Waals surface area contributed by atoms with E-state index in [9.17, 15) is 0 Å². The molecule has 2 aromatic rings. The number of hydrogen-bond donors (Lipinski definition) is 1. The molecule has 1 aliphatic rings. The van der Waals surface area contributed by atoms with Crippen LogP contribution >= 0.6 is 0 Å². The normalized spacial score (nSPS) is 16.5. The van der Waals surface area contributed by atoms with Crippen molar-refractivity contribution in [1.82, 2.24) is 14.6 Å². The van der Waals surface area contributed by atoms with Gasteiger partial charge in [0.1, 0.15) is 0 Å². The van der Waals surface area contributed by atoms with Gasteiger partial charge >= 0.3 is 0 Å². The zero-order valence-electron chi connectivity index (χ0n) is 10.9. The van der Waals surface area contributed by atoms with E-state index in [1.165, 1.54) is 32.1 Å². The molecule has 2 aromatic heterocycles. The second kappa shape index (κ2) is 4.96. The van der Waals surface area contributed by atoms with Gasteiger partial charge < -0.3 is 5.32 Å². The fourth-order valence-corrected chi connectivity index (χ4v) is 2.80. The average Bonchev–Trinajstić information content (AvgIpc) is 2.98. The number of hydrogen-bond acceptors (Lipinski definition) is 3. The summed E-state index contributed by atoms with van der Waals surface area (Å²) in [7, 11) is 0. The highest BCUT2D eigenvalue weighted by molar-refractivity contribution is 5.49. The topological polar surface area (TPSA) is 42.2 Å². The van der Waals surface area contributed by atoms with Crippen LogP contribution in [0.25, 0.3) is 5.65 Å². The second-order valence-electron chi connectivity index (χ2n) is 5.26. The molecule has 4 heteroatoms. The van der Waals surface area contributed by atoms with Gasteiger partial charge in [0.05, 0.1) is 0 Å². The lowest BCUT2D eigenvalue weighted by Gasteiger charge is -2.07. The molecule has 1 saturated carbocycles. The minimum absolute atomic E-state index is 0.752. The quantitative estimate of drug-likeness (QED) is 0.899. The first-order chi connectivity index (χ1) is 8.83. The van der Waals surface area contributed by atoms with Gasteiger partial charge in [0.2, 0.25) is 5.95 Å². The summed E-state index contributed by atoms with van der Waals surface area (Å²) >= 11 is 0. The number of pyridine rings is 1. The molecule has 0 bridgehead atoms. The first-order valence-electron chi connectivity index (χ1n) is 6.89. The van der Waals surface area contributed by atoms with Crippen LogP contribution in [-0.2, 0) is 0 Å². The van der Waals surface area contributed by atoms with Crippen LogP contribution in [0, 0.1) is 12.8 Å². The molecule has 0 spiro atoms. The zero-order chi connectivity index (χ0) is 12.4. The highest BCUT2D eigenvalue weighted by atomic mass is 15.3. The van der Waals surface area contributed by atoms with E-state index in [0.29, 0.717) is 0 Å². The van der Waals surface area contributed by atoms with E-state index < -0.39 is 0 Å². The molecular weight excluding hydrogens is 224 g/mol. The molecule has 2 heterocycles. The van der Waals surface area contributed by atoms with Crippen LogP contribution in [-0.4, -0.2) is 21.1 Å². The maximum Gasteiger partial charge on any atom is 0.243 e. The number of aromatic nitrogens is 3. The smallest absolute Gasteiger partial charge is 0.243 e. The maximum atomic E-state index is 4.52. The van der Waals surface area contributed by atoms with Crippen molar-refractivity contribution in [3.05, 3.63) is 23.9 Å². The number of fused-ring (bicyclic) bond motifs is 1. The monoisotopic (exact) mass is 244 g/mol. The fourth-order valence-electron chi connectivity index (χ4n) is 2.80. The van der Waals surface area contributed by atoms with Crippen LogP contribution in [0.3, 0.4) is 0 Å². The zero-order valence-corrected chi connectivity index (χ0v) is 10.9. The third kappa shape index (κ3) is 2.33. The fraction of sp³-hybridized carbons (Fsp3) is 0.571. The Kier molecular flexibility index (Phi) is 3.17. The van der Waals surface area contributed by atoms with Gasteiger partial charge in [-0.05, 0) is 30.9 Å². The molecule has 0 atom stereocenters. The first kappa shape index (κ1) is 11.5. The second-order valence-corrected chi connectivity index (χ2v) is 5.26. The molecule has 0 aliphatic heterocycles. The molecule has 0 amide bonds. The van der Waals surface area contributed by atoms with E-state index in [2.05, 4.69) is 28.4 Å². The maximum absolute atomic E-state index is 4.52. The van der Waals surface area contributed by atoms with E-state index in [1.807, 2.05) is 16.8 Å². The Morgan fingerprint density at radius 3 is 3.00 bits per heavy atom. The highest BCUT2D eigenvalue weighted by Gasteiger charge is 2.14. The van der Waals surface area contributed by atoms with Gasteiger partial charge in [-0.3, -0.25) is 0 Å². The Bertz CT molecular complexity index is 526. The molecule has 0 unspecified atom stereocenters. The Morgan fingerprint density at radius 2 is 2.22 bits per heavy atom. The van der Waals surface area contributed by atoms with E-state index in [1.54, 1.807) is 0 Å². The Hall–Kier alpha value is -1.58. The van der Waals surface area contributed by atoms with E-state index in [4.69, 9.17) is 0 Å². The third-order valence-corrected chi connectivity index (χ3v) is 3.87. The van der Waals surface area contributed by atoms with Gasteiger partial charge in [-0.15, -0.1) is 5.10 Å². The predicted molar refractivity (Wildman–Crippen MR) is 72.8 cm³/mol. The predicted octanol–water partition coefficient (Wildman–Crippen LogP) is 3.03. The lowest BCUT2D eigenvalue weighted by Crippen LogP contribution is -2.07. The molecule has 18 heavy (non-hydrogen) atoms. The Morgan fingerprint density at radius 1 is 1.39 bits per heavy atom. The lowest BCUT2D eigenvalue weighted by molar-refractivity contribution is 0.518. The summed E-state index contributed by atoms with van der Waals surface area (Å²) in [5.74, 6) is 1.67. The van der Waals surface area contributed by atoms with Gasteiger partial charge in [-0.2, -0.15) is 4.98 Å². The average molecular weight is 244 g/mol. The lowest BCUT2D eigenvalue weighted by atomic mass is 10.0. The van der Waals surface area contributed by atoms with Crippen LogP contribution in [0.4, 0.5) is 5.95 Å². The number of nitrogens with zero attached hydrogens (tertiary/aromatic N) is 3. The molecule has 0 aromatic carbocycles. The highest BCUT2D eigenvalue weighted by Crippen LogP contribution is 2.27. The van der Waals surface area contributed by atoms with Crippen molar-refractivity contribution >= 4 is 11.6 Å². The number of rotatable bonds is 4. The van der Waals surface area contributed by atoms with Crippen molar-refractivity contribution in [3.8, 4) is 0 Å². The van der Waals surface area contributed by atoms with Crippen molar-refractivity contribution < 1.29 is 0 Å². The molecule has 4 nitrogen and oxygen atoms in total. The molecule has 1 fully saturated rings. The summed E-state index contributed by atoms with van der Waals surface area (Å²) in [6, 6.07) is 4.06. The van der Waals surface area contributed by atoms with Crippen molar-refractivity contribution in [2.24, 2.45) is 5.92 Å². The van der Waals surface area contributed by atoms with Crippen LogP contribution in [0.1, 0.15) is 37.7 Å². The largest absolute Gasteiger partial charge is 0.353 e. The third-order valence-electron chi connectivity index (χ3n) is 3.87. The summed E-state index contributed by atoms with van der Waals surface area (Å²) in [6.45, 7) is 3.05. The Labute approximate surface area is 107 Å². The van der Waals surface area contributed by atoms with Gasteiger partial charge in [-0.1, -0.05) is 31.7 Å². The summed E-state index contributed by atoms with van der Waals surface area (Å²) in [4.78, 5) is 4.52. The van der Waals surface area contributed by atoms with Crippen LogP contribution < -0.4 is 5.32 Å². The minimum Gasteiger partial charge on any atom is -0.353 e. The van der Waals surface area contributed by atoms with Gasteiger partial charge in [0, 0.05) is 12.7 Å². The first-order valence-corrected chi connectivity index (χ1v) is 6.89. The summed E-state index contributed by atoms with van der Waals surface area (Å²) in [6.07, 6.45) is 8.82. The molecule has 1 aliphatic carbocycles. The van der Waals surface area contributed by atoms with E-state index >= 15 is 0 Å². The summed E-state index contributed by atoms with van der Waals surface area (Å²) < 4.78 is 1.84. The van der Waals surface area contributed by atoms with Gasteiger partial charge in [0.25, 0.3) is 0 Å². The molecule has 0 radical (unpaired) electrons. The standard InChI is InChI=1S/C14H20N4/c1-11-5-4-10-18-13(11)16-14(17-18)15-9-8-12-6-2-3-7-12/h4-5,10,12H,2-3,6-9H2,1H3,(H,15,17). The summed E-state index contributed by atoms with van der Waals surface area (Å²) in [5.41, 5.74) is 2.11. The van der Waals surface area contributed by atoms with E-state index in [-0.39, 0.29) is 0 Å². The molecular formula is C14H20N4. The van der Waals surface area contributed by atoms with Crippen molar-refractivity contribution in [2.45, 2.75) is 39.0 Å². The van der Waals surface area contributed by atoms with Crippen LogP contribution in [0.15, 0.2) is 18.3 Å². The minimum atomic E-state index is 0.752. The van der Waals surface area contributed by atoms with E-state index in [0.717, 1.165) is 29.6 Å². The van der Waals surface area contributed by atoms with Gasteiger partial charge in [0.15, 0.2) is 5.65 Å². The Balaban J connectivity index is 1.62.